The van der Waals surface area contributed by atoms with Crippen molar-refractivity contribution in [1.82, 2.24) is 9.47 Å². The Bertz CT molecular complexity index is 935. The van der Waals surface area contributed by atoms with Crippen LogP contribution in [0.25, 0.3) is 21.0 Å². The van der Waals surface area contributed by atoms with Crippen molar-refractivity contribution in [2.24, 2.45) is 0 Å². The summed E-state index contributed by atoms with van der Waals surface area (Å²) in [5.74, 6) is 0.00253. The molecule has 23 heavy (non-hydrogen) atoms. The maximum absolute atomic E-state index is 12.8. The van der Waals surface area contributed by atoms with Gasteiger partial charge < -0.3 is 9.47 Å². The number of hydrogen-bond acceptors (Lipinski definition) is 3. The van der Waals surface area contributed by atoms with E-state index in [1.807, 2.05) is 45.0 Å². The first-order valence-corrected chi connectivity index (χ1v) is 8.78. The lowest BCUT2D eigenvalue weighted by Gasteiger charge is -2.17. The number of pyridine rings is 1. The van der Waals surface area contributed by atoms with Crippen LogP contribution in [0.4, 0.5) is 0 Å². The second-order valence-corrected chi connectivity index (χ2v) is 6.45. The minimum absolute atomic E-state index is 0.00253. The number of fused-ring (bicyclic) bond motifs is 3. The summed E-state index contributed by atoms with van der Waals surface area (Å²) in [7, 11) is 0. The molecule has 0 aliphatic carbocycles. The van der Waals surface area contributed by atoms with Gasteiger partial charge in [-0.2, -0.15) is 0 Å². The van der Waals surface area contributed by atoms with E-state index >= 15 is 0 Å². The Hall–Kier alpha value is -2.14. The number of carbonyl (C=O) groups excluding carboxylic acids is 1. The molecule has 3 aromatic rings. The average Bonchev–Trinajstić information content (AvgIpc) is 3.02. The minimum atomic E-state index is -0.0175. The van der Waals surface area contributed by atoms with Crippen LogP contribution in [0.2, 0.25) is 0 Å². The molecule has 0 N–H and O–H groups in total. The molecule has 120 valence electrons. The molecule has 1 amide bonds. The van der Waals surface area contributed by atoms with E-state index in [4.69, 9.17) is 0 Å². The molecule has 0 radical (unpaired) electrons. The van der Waals surface area contributed by atoms with Crippen LogP contribution in [0.5, 0.6) is 0 Å². The smallest absolute Gasteiger partial charge is 0.263 e. The largest absolute Gasteiger partial charge is 0.339 e. The Kier molecular flexibility index (Phi) is 4.22. The highest BCUT2D eigenvalue weighted by Crippen LogP contribution is 2.31. The molecule has 0 aliphatic rings. The van der Waals surface area contributed by atoms with Crippen LogP contribution in [0.3, 0.4) is 0 Å². The monoisotopic (exact) mass is 328 g/mol. The SMILES string of the molecule is CCN(CC)C(=O)c1cc2c(=O)n(CC)c3ccccc3c2s1. The fourth-order valence-electron chi connectivity index (χ4n) is 2.99. The van der Waals surface area contributed by atoms with Gasteiger partial charge >= 0.3 is 0 Å². The van der Waals surface area contributed by atoms with Crippen molar-refractivity contribution in [3.63, 3.8) is 0 Å². The molecule has 0 saturated heterocycles. The van der Waals surface area contributed by atoms with Gasteiger partial charge in [0.1, 0.15) is 0 Å². The van der Waals surface area contributed by atoms with Gasteiger partial charge in [0.25, 0.3) is 11.5 Å². The maximum atomic E-state index is 12.8. The van der Waals surface area contributed by atoms with Crippen molar-refractivity contribution in [2.75, 3.05) is 13.1 Å². The highest BCUT2D eigenvalue weighted by atomic mass is 32.1. The number of nitrogens with zero attached hydrogens (tertiary/aromatic N) is 2. The third kappa shape index (κ3) is 2.45. The summed E-state index contributed by atoms with van der Waals surface area (Å²) >= 11 is 1.42. The van der Waals surface area contributed by atoms with Crippen LogP contribution in [0, 0.1) is 0 Å². The molecule has 0 saturated carbocycles. The third-order valence-corrected chi connectivity index (χ3v) is 5.38. The van der Waals surface area contributed by atoms with Crippen LogP contribution in [-0.2, 0) is 6.54 Å². The summed E-state index contributed by atoms with van der Waals surface area (Å²) < 4.78 is 2.68. The first kappa shape index (κ1) is 15.7. The number of carbonyl (C=O) groups is 1. The Morgan fingerprint density at radius 2 is 1.83 bits per heavy atom. The molecule has 3 rings (SSSR count). The summed E-state index contributed by atoms with van der Waals surface area (Å²) in [4.78, 5) is 27.8. The molecule has 0 fully saturated rings. The normalized spacial score (nSPS) is 11.3. The molecule has 5 heteroatoms. The number of rotatable bonds is 4. The molecule has 0 atom stereocenters. The van der Waals surface area contributed by atoms with Gasteiger partial charge in [-0.1, -0.05) is 18.2 Å². The second kappa shape index (κ2) is 6.16. The van der Waals surface area contributed by atoms with Gasteiger partial charge in [0, 0.05) is 29.7 Å². The lowest BCUT2D eigenvalue weighted by molar-refractivity contribution is 0.0778. The molecular weight excluding hydrogens is 308 g/mol. The zero-order chi connectivity index (χ0) is 16.6. The van der Waals surface area contributed by atoms with Crippen LogP contribution in [0.15, 0.2) is 35.1 Å². The summed E-state index contributed by atoms with van der Waals surface area (Å²) in [6, 6.07) is 9.66. The van der Waals surface area contributed by atoms with Crippen molar-refractivity contribution >= 4 is 38.2 Å². The minimum Gasteiger partial charge on any atom is -0.339 e. The number of aryl methyl sites for hydroxylation is 1. The van der Waals surface area contributed by atoms with E-state index < -0.39 is 0 Å². The predicted molar refractivity (Wildman–Crippen MR) is 96.5 cm³/mol. The van der Waals surface area contributed by atoms with Gasteiger partial charge in [-0.15, -0.1) is 11.3 Å². The number of benzene rings is 1. The van der Waals surface area contributed by atoms with Gasteiger partial charge in [0.15, 0.2) is 0 Å². The molecule has 0 unspecified atom stereocenters. The van der Waals surface area contributed by atoms with E-state index in [2.05, 4.69) is 0 Å². The summed E-state index contributed by atoms with van der Waals surface area (Å²) in [5, 5.41) is 1.68. The van der Waals surface area contributed by atoms with E-state index in [9.17, 15) is 9.59 Å². The van der Waals surface area contributed by atoms with Crippen molar-refractivity contribution < 1.29 is 4.79 Å². The molecule has 0 spiro atoms. The number of hydrogen-bond donors (Lipinski definition) is 0. The Labute approximate surface area is 139 Å². The average molecular weight is 328 g/mol. The van der Waals surface area contributed by atoms with Crippen molar-refractivity contribution in [3.8, 4) is 0 Å². The topological polar surface area (TPSA) is 42.3 Å². The fraction of sp³-hybridized carbons (Fsp3) is 0.333. The van der Waals surface area contributed by atoms with Gasteiger partial charge in [-0.05, 0) is 32.9 Å². The standard InChI is InChI=1S/C18H20N2O2S/c1-4-19(5-2)18(22)15-11-13-16(23-15)12-9-7-8-10-14(12)20(6-3)17(13)21/h7-11H,4-6H2,1-3H3. The predicted octanol–water partition coefficient (Wildman–Crippen LogP) is 3.72. The zero-order valence-electron chi connectivity index (χ0n) is 13.6. The van der Waals surface area contributed by atoms with E-state index in [0.717, 1.165) is 15.6 Å². The molecule has 0 bridgehead atoms. The fourth-order valence-corrected chi connectivity index (χ4v) is 4.14. The Morgan fingerprint density at radius 1 is 1.13 bits per heavy atom. The van der Waals surface area contributed by atoms with E-state index in [1.54, 1.807) is 15.5 Å². The van der Waals surface area contributed by atoms with Crippen LogP contribution in [-0.4, -0.2) is 28.5 Å². The first-order valence-electron chi connectivity index (χ1n) is 7.96. The molecule has 4 nitrogen and oxygen atoms in total. The Balaban J connectivity index is 2.32. The van der Waals surface area contributed by atoms with Crippen molar-refractivity contribution in [2.45, 2.75) is 27.3 Å². The van der Waals surface area contributed by atoms with E-state index in [-0.39, 0.29) is 11.5 Å². The number of para-hydroxylation sites is 1. The molecule has 2 heterocycles. The number of aromatic nitrogens is 1. The summed E-state index contributed by atoms with van der Waals surface area (Å²) in [6.07, 6.45) is 0. The van der Waals surface area contributed by atoms with E-state index in [1.165, 1.54) is 11.3 Å². The van der Waals surface area contributed by atoms with Crippen molar-refractivity contribution in [1.29, 1.82) is 0 Å². The van der Waals surface area contributed by atoms with Gasteiger partial charge in [-0.3, -0.25) is 9.59 Å². The molecular formula is C18H20N2O2S. The maximum Gasteiger partial charge on any atom is 0.263 e. The Morgan fingerprint density at radius 3 is 2.48 bits per heavy atom. The lowest BCUT2D eigenvalue weighted by Crippen LogP contribution is -2.29. The van der Waals surface area contributed by atoms with Crippen molar-refractivity contribution in [3.05, 3.63) is 45.6 Å². The lowest BCUT2D eigenvalue weighted by atomic mass is 10.1. The molecule has 0 aliphatic heterocycles. The van der Waals surface area contributed by atoms with Crippen LogP contribution < -0.4 is 5.56 Å². The second-order valence-electron chi connectivity index (χ2n) is 5.40. The van der Waals surface area contributed by atoms with E-state index in [0.29, 0.717) is 29.9 Å². The first-order chi connectivity index (χ1) is 11.1. The van der Waals surface area contributed by atoms with Gasteiger partial charge in [-0.25, -0.2) is 0 Å². The zero-order valence-corrected chi connectivity index (χ0v) is 14.4. The molecule has 1 aromatic carbocycles. The summed E-state index contributed by atoms with van der Waals surface area (Å²) in [5.41, 5.74) is 0.909. The highest BCUT2D eigenvalue weighted by molar-refractivity contribution is 7.21. The van der Waals surface area contributed by atoms with Crippen LogP contribution in [0.1, 0.15) is 30.4 Å². The third-order valence-electron chi connectivity index (χ3n) is 4.22. The highest BCUT2D eigenvalue weighted by Gasteiger charge is 2.19. The molecule has 2 aromatic heterocycles. The quantitative estimate of drug-likeness (QED) is 0.732. The number of thiophene rings is 1. The van der Waals surface area contributed by atoms with Gasteiger partial charge in [0.2, 0.25) is 0 Å². The number of amides is 1. The summed E-state index contributed by atoms with van der Waals surface area (Å²) in [6.45, 7) is 7.86. The van der Waals surface area contributed by atoms with Crippen LogP contribution >= 0.6 is 11.3 Å². The van der Waals surface area contributed by atoms with Gasteiger partial charge in [0.05, 0.1) is 15.8 Å².